The highest BCUT2D eigenvalue weighted by molar-refractivity contribution is 5.81. The molecule has 3 heteroatoms. The van der Waals surface area contributed by atoms with Crippen molar-refractivity contribution in [3.8, 4) is 0 Å². The van der Waals surface area contributed by atoms with Gasteiger partial charge in [-0.15, -0.1) is 0 Å². The van der Waals surface area contributed by atoms with E-state index in [9.17, 15) is 4.79 Å². The molecule has 3 nitrogen and oxygen atoms in total. The number of amides is 1. The Hall–Kier alpha value is -0.570. The van der Waals surface area contributed by atoms with E-state index in [4.69, 9.17) is 5.11 Å². The molecular formula is C9H19NO2. The topological polar surface area (TPSA) is 49.3 Å². The van der Waals surface area contributed by atoms with Gasteiger partial charge in [-0.2, -0.15) is 0 Å². The van der Waals surface area contributed by atoms with Crippen LogP contribution in [0.2, 0.25) is 0 Å². The van der Waals surface area contributed by atoms with Crippen molar-refractivity contribution in [3.05, 3.63) is 0 Å². The van der Waals surface area contributed by atoms with E-state index >= 15 is 0 Å². The Morgan fingerprint density at radius 2 is 2.00 bits per heavy atom. The number of aliphatic hydroxyl groups excluding tert-OH is 1. The second-order valence-corrected chi connectivity index (χ2v) is 4.14. The Bertz CT molecular complexity index is 147. The van der Waals surface area contributed by atoms with Crippen LogP contribution in [0.4, 0.5) is 0 Å². The lowest BCUT2D eigenvalue weighted by atomic mass is 9.96. The molecular weight excluding hydrogens is 154 g/mol. The zero-order valence-corrected chi connectivity index (χ0v) is 8.35. The van der Waals surface area contributed by atoms with Crippen molar-refractivity contribution < 1.29 is 9.90 Å². The maximum atomic E-state index is 11.3. The fraction of sp³-hybridized carbons (Fsp3) is 0.889. The van der Waals surface area contributed by atoms with E-state index in [0.717, 1.165) is 0 Å². The molecule has 12 heavy (non-hydrogen) atoms. The predicted molar refractivity (Wildman–Crippen MR) is 48.8 cm³/mol. The Labute approximate surface area is 74.2 Å². The van der Waals surface area contributed by atoms with Crippen LogP contribution in [0.25, 0.3) is 0 Å². The molecule has 0 aliphatic heterocycles. The highest BCUT2D eigenvalue weighted by atomic mass is 16.3. The standard InChI is InChI=1S/C9H19NO2/c1-7(11)5-6-10-8(12)9(2,3)4/h7,11H,5-6H2,1-4H3,(H,10,12). The van der Waals surface area contributed by atoms with Gasteiger partial charge in [0.2, 0.25) is 5.91 Å². The van der Waals surface area contributed by atoms with E-state index in [2.05, 4.69) is 5.32 Å². The minimum atomic E-state index is -0.342. The Kier molecular flexibility index (Phi) is 4.24. The van der Waals surface area contributed by atoms with Crippen molar-refractivity contribution in [2.24, 2.45) is 5.41 Å². The number of hydrogen-bond acceptors (Lipinski definition) is 2. The molecule has 0 bridgehead atoms. The lowest BCUT2D eigenvalue weighted by molar-refractivity contribution is -0.128. The molecule has 0 saturated heterocycles. The molecule has 1 atom stereocenters. The van der Waals surface area contributed by atoms with Crippen molar-refractivity contribution in [1.29, 1.82) is 0 Å². The third-order valence-corrected chi connectivity index (χ3v) is 1.53. The highest BCUT2D eigenvalue weighted by Gasteiger charge is 2.20. The van der Waals surface area contributed by atoms with E-state index in [1.807, 2.05) is 20.8 Å². The first-order chi connectivity index (χ1) is 5.34. The normalized spacial score (nSPS) is 14.1. The minimum Gasteiger partial charge on any atom is -0.393 e. The number of carbonyl (C=O) groups excluding carboxylic acids is 1. The molecule has 0 spiro atoms. The van der Waals surface area contributed by atoms with Crippen LogP contribution in [-0.2, 0) is 4.79 Å². The summed E-state index contributed by atoms with van der Waals surface area (Å²) in [5, 5.41) is 11.7. The molecule has 0 aromatic heterocycles. The van der Waals surface area contributed by atoms with Crippen molar-refractivity contribution in [2.75, 3.05) is 6.54 Å². The summed E-state index contributed by atoms with van der Waals surface area (Å²) in [6, 6.07) is 0. The van der Waals surface area contributed by atoms with Gasteiger partial charge in [0.05, 0.1) is 6.10 Å². The zero-order valence-electron chi connectivity index (χ0n) is 8.35. The van der Waals surface area contributed by atoms with Gasteiger partial charge < -0.3 is 10.4 Å². The number of nitrogens with one attached hydrogen (secondary N) is 1. The smallest absolute Gasteiger partial charge is 0.225 e. The van der Waals surface area contributed by atoms with Gasteiger partial charge in [-0.1, -0.05) is 20.8 Å². The van der Waals surface area contributed by atoms with Crippen LogP contribution >= 0.6 is 0 Å². The van der Waals surface area contributed by atoms with Gasteiger partial charge in [-0.3, -0.25) is 4.79 Å². The fourth-order valence-electron chi connectivity index (χ4n) is 0.660. The third-order valence-electron chi connectivity index (χ3n) is 1.53. The van der Waals surface area contributed by atoms with Gasteiger partial charge in [0.15, 0.2) is 0 Å². The Morgan fingerprint density at radius 1 is 1.50 bits per heavy atom. The van der Waals surface area contributed by atoms with Crippen LogP contribution in [0.15, 0.2) is 0 Å². The third kappa shape index (κ3) is 5.13. The summed E-state index contributed by atoms with van der Waals surface area (Å²) in [4.78, 5) is 11.3. The van der Waals surface area contributed by atoms with Gasteiger partial charge in [0.25, 0.3) is 0 Å². The summed E-state index contributed by atoms with van der Waals surface area (Å²) in [7, 11) is 0. The molecule has 72 valence electrons. The van der Waals surface area contributed by atoms with Gasteiger partial charge in [-0.25, -0.2) is 0 Å². The average molecular weight is 173 g/mol. The van der Waals surface area contributed by atoms with E-state index < -0.39 is 0 Å². The van der Waals surface area contributed by atoms with E-state index in [-0.39, 0.29) is 17.4 Å². The van der Waals surface area contributed by atoms with Crippen LogP contribution in [0.1, 0.15) is 34.1 Å². The molecule has 0 fully saturated rings. The molecule has 0 heterocycles. The average Bonchev–Trinajstić information content (AvgIpc) is 1.84. The molecule has 0 aromatic rings. The first kappa shape index (κ1) is 11.4. The highest BCUT2D eigenvalue weighted by Crippen LogP contribution is 2.12. The summed E-state index contributed by atoms with van der Waals surface area (Å²) in [6.07, 6.45) is 0.271. The van der Waals surface area contributed by atoms with Gasteiger partial charge >= 0.3 is 0 Å². The maximum absolute atomic E-state index is 11.3. The monoisotopic (exact) mass is 173 g/mol. The van der Waals surface area contributed by atoms with Crippen molar-refractivity contribution in [3.63, 3.8) is 0 Å². The van der Waals surface area contributed by atoms with Gasteiger partial charge in [-0.05, 0) is 13.3 Å². The SMILES string of the molecule is CC(O)CCNC(=O)C(C)(C)C. The first-order valence-corrected chi connectivity index (χ1v) is 4.30. The molecule has 1 amide bonds. The summed E-state index contributed by atoms with van der Waals surface area (Å²) < 4.78 is 0. The lowest BCUT2D eigenvalue weighted by Crippen LogP contribution is -2.36. The van der Waals surface area contributed by atoms with Crippen LogP contribution in [0, 0.1) is 5.41 Å². The summed E-state index contributed by atoms with van der Waals surface area (Å²) in [5.74, 6) is 0.0307. The second kappa shape index (κ2) is 4.45. The molecule has 0 aliphatic rings. The van der Waals surface area contributed by atoms with Crippen LogP contribution in [0.3, 0.4) is 0 Å². The fourth-order valence-corrected chi connectivity index (χ4v) is 0.660. The summed E-state index contributed by atoms with van der Waals surface area (Å²) in [5.41, 5.74) is -0.335. The van der Waals surface area contributed by atoms with Crippen molar-refractivity contribution in [2.45, 2.75) is 40.2 Å². The Balaban J connectivity index is 3.59. The summed E-state index contributed by atoms with van der Waals surface area (Å²) in [6.45, 7) is 7.86. The molecule has 1 unspecified atom stereocenters. The van der Waals surface area contributed by atoms with E-state index in [0.29, 0.717) is 13.0 Å². The van der Waals surface area contributed by atoms with Gasteiger partial charge in [0.1, 0.15) is 0 Å². The Morgan fingerprint density at radius 3 is 2.33 bits per heavy atom. The second-order valence-electron chi connectivity index (χ2n) is 4.14. The molecule has 0 aromatic carbocycles. The zero-order chi connectivity index (χ0) is 9.78. The number of hydrogen-bond donors (Lipinski definition) is 2. The molecule has 0 radical (unpaired) electrons. The largest absolute Gasteiger partial charge is 0.393 e. The maximum Gasteiger partial charge on any atom is 0.225 e. The summed E-state index contributed by atoms with van der Waals surface area (Å²) >= 11 is 0. The van der Waals surface area contributed by atoms with Crippen LogP contribution in [-0.4, -0.2) is 23.7 Å². The molecule has 2 N–H and O–H groups in total. The molecule has 0 aliphatic carbocycles. The van der Waals surface area contributed by atoms with Crippen molar-refractivity contribution in [1.82, 2.24) is 5.32 Å². The van der Waals surface area contributed by atoms with Crippen LogP contribution < -0.4 is 5.32 Å². The van der Waals surface area contributed by atoms with Crippen LogP contribution in [0.5, 0.6) is 0 Å². The van der Waals surface area contributed by atoms with Crippen molar-refractivity contribution >= 4 is 5.91 Å². The quantitative estimate of drug-likeness (QED) is 0.666. The first-order valence-electron chi connectivity index (χ1n) is 4.30. The number of rotatable bonds is 3. The minimum absolute atomic E-state index is 0.0307. The number of carbonyl (C=O) groups is 1. The lowest BCUT2D eigenvalue weighted by Gasteiger charge is -2.17. The molecule has 0 rings (SSSR count). The predicted octanol–water partition coefficient (Wildman–Crippen LogP) is 0.920. The van der Waals surface area contributed by atoms with E-state index in [1.54, 1.807) is 6.92 Å². The molecule has 0 saturated carbocycles. The van der Waals surface area contributed by atoms with Gasteiger partial charge in [0, 0.05) is 12.0 Å². The number of aliphatic hydroxyl groups is 1. The van der Waals surface area contributed by atoms with E-state index in [1.165, 1.54) is 0 Å².